The highest BCUT2D eigenvalue weighted by Gasteiger charge is 2.28. The smallest absolute Gasteiger partial charge is 0.276 e. The van der Waals surface area contributed by atoms with Gasteiger partial charge in [-0.15, -0.1) is 0 Å². The Kier molecular flexibility index (Phi) is 4.32. The van der Waals surface area contributed by atoms with Gasteiger partial charge in [0.2, 0.25) is 0 Å². The summed E-state index contributed by atoms with van der Waals surface area (Å²) in [6.07, 6.45) is -0.740. The summed E-state index contributed by atoms with van der Waals surface area (Å²) in [6.45, 7) is 0.409. The van der Waals surface area contributed by atoms with Gasteiger partial charge >= 0.3 is 0 Å². The predicted molar refractivity (Wildman–Crippen MR) is 87.4 cm³/mol. The van der Waals surface area contributed by atoms with E-state index in [1.165, 1.54) is 17.1 Å². The highest BCUT2D eigenvalue weighted by atomic mass is 35.5. The number of phenolic OH excluding ortho intramolecular Hbond substituents is 1. The number of amides is 1. The topological polar surface area (TPSA) is 73.1 Å². The Hall–Kier alpha value is -2.37. The lowest BCUT2D eigenvalue weighted by atomic mass is 10.1. The number of benzene rings is 2. The second-order valence-electron chi connectivity index (χ2n) is 5.26. The third-order valence-corrected chi connectivity index (χ3v) is 3.91. The van der Waals surface area contributed by atoms with E-state index in [-0.39, 0.29) is 5.75 Å². The molecule has 1 atom stereocenters. The third-order valence-electron chi connectivity index (χ3n) is 3.65. The minimum atomic E-state index is -1.35. The quantitative estimate of drug-likeness (QED) is 0.908. The van der Waals surface area contributed by atoms with Crippen molar-refractivity contribution in [1.82, 2.24) is 5.01 Å². The Bertz CT molecular complexity index is 759. The van der Waals surface area contributed by atoms with Gasteiger partial charge in [-0.1, -0.05) is 35.9 Å². The fourth-order valence-corrected chi connectivity index (χ4v) is 2.57. The molecule has 1 unspecified atom stereocenters. The predicted octanol–water partition coefficient (Wildman–Crippen LogP) is 2.72. The molecule has 2 aromatic rings. The second-order valence-corrected chi connectivity index (χ2v) is 5.70. The first-order chi connectivity index (χ1) is 11.0. The second kappa shape index (κ2) is 6.40. The Morgan fingerprint density at radius 1 is 1.22 bits per heavy atom. The molecule has 0 spiro atoms. The molecule has 0 saturated heterocycles. The van der Waals surface area contributed by atoms with Gasteiger partial charge in [0.25, 0.3) is 5.91 Å². The SMILES string of the molecule is O=C(C(O)c1cccc(O)c1)N1CCC(c2ccc(Cl)cc2)=N1. The van der Waals surface area contributed by atoms with Crippen molar-refractivity contribution in [3.8, 4) is 5.75 Å². The fraction of sp³-hybridized carbons (Fsp3) is 0.176. The van der Waals surface area contributed by atoms with Crippen molar-refractivity contribution in [3.05, 3.63) is 64.7 Å². The van der Waals surface area contributed by atoms with E-state index in [9.17, 15) is 15.0 Å². The number of phenols is 1. The van der Waals surface area contributed by atoms with Gasteiger partial charge in [0, 0.05) is 11.4 Å². The van der Waals surface area contributed by atoms with Crippen LogP contribution >= 0.6 is 11.6 Å². The van der Waals surface area contributed by atoms with Gasteiger partial charge in [-0.3, -0.25) is 4.79 Å². The first-order valence-corrected chi connectivity index (χ1v) is 7.54. The summed E-state index contributed by atoms with van der Waals surface area (Å²) < 4.78 is 0. The van der Waals surface area contributed by atoms with Crippen LogP contribution in [0.5, 0.6) is 5.75 Å². The number of hydrazone groups is 1. The summed E-state index contributed by atoms with van der Waals surface area (Å²) >= 11 is 5.86. The molecule has 0 radical (unpaired) electrons. The lowest BCUT2D eigenvalue weighted by Gasteiger charge is -2.16. The number of aliphatic hydroxyl groups is 1. The normalized spacial score (nSPS) is 15.4. The summed E-state index contributed by atoms with van der Waals surface area (Å²) in [6, 6.07) is 13.2. The zero-order chi connectivity index (χ0) is 16.4. The van der Waals surface area contributed by atoms with Crippen molar-refractivity contribution in [3.63, 3.8) is 0 Å². The zero-order valence-electron chi connectivity index (χ0n) is 12.2. The summed E-state index contributed by atoms with van der Waals surface area (Å²) in [5, 5.41) is 25.8. The van der Waals surface area contributed by atoms with E-state index in [1.807, 2.05) is 12.1 Å². The highest BCUT2D eigenvalue weighted by molar-refractivity contribution is 6.30. The lowest BCUT2D eigenvalue weighted by Crippen LogP contribution is -2.29. The van der Waals surface area contributed by atoms with E-state index >= 15 is 0 Å². The Labute approximate surface area is 138 Å². The fourth-order valence-electron chi connectivity index (χ4n) is 2.44. The van der Waals surface area contributed by atoms with Crippen LogP contribution in [-0.4, -0.2) is 33.4 Å². The van der Waals surface area contributed by atoms with Crippen molar-refractivity contribution < 1.29 is 15.0 Å². The summed E-state index contributed by atoms with van der Waals surface area (Å²) in [4.78, 5) is 12.4. The maximum Gasteiger partial charge on any atom is 0.276 e. The average Bonchev–Trinajstić information content (AvgIpc) is 3.04. The van der Waals surface area contributed by atoms with Gasteiger partial charge in [0.05, 0.1) is 12.3 Å². The number of aliphatic hydroxyl groups excluding tert-OH is 1. The van der Waals surface area contributed by atoms with Gasteiger partial charge in [-0.25, -0.2) is 5.01 Å². The summed E-state index contributed by atoms with van der Waals surface area (Å²) in [7, 11) is 0. The molecule has 2 N–H and O–H groups in total. The monoisotopic (exact) mass is 330 g/mol. The lowest BCUT2D eigenvalue weighted by molar-refractivity contribution is -0.140. The molecule has 1 heterocycles. The molecule has 0 aliphatic carbocycles. The highest BCUT2D eigenvalue weighted by Crippen LogP contribution is 2.23. The average molecular weight is 331 g/mol. The van der Waals surface area contributed by atoms with Gasteiger partial charge in [0.15, 0.2) is 6.10 Å². The van der Waals surface area contributed by atoms with Crippen LogP contribution in [0.1, 0.15) is 23.7 Å². The number of rotatable bonds is 3. The van der Waals surface area contributed by atoms with Gasteiger partial charge in [0.1, 0.15) is 5.75 Å². The molecule has 1 amide bonds. The molecule has 3 rings (SSSR count). The van der Waals surface area contributed by atoms with Gasteiger partial charge in [-0.05, 0) is 35.4 Å². The van der Waals surface area contributed by atoms with Crippen molar-refractivity contribution in [1.29, 1.82) is 0 Å². The van der Waals surface area contributed by atoms with Crippen LogP contribution in [0.25, 0.3) is 0 Å². The minimum absolute atomic E-state index is 0.00104. The van der Waals surface area contributed by atoms with E-state index in [0.717, 1.165) is 11.3 Å². The third kappa shape index (κ3) is 3.36. The first kappa shape index (κ1) is 15.5. The molecular weight excluding hydrogens is 316 g/mol. The maximum atomic E-state index is 12.4. The van der Waals surface area contributed by atoms with E-state index in [1.54, 1.807) is 24.3 Å². The molecule has 0 bridgehead atoms. The molecule has 2 aromatic carbocycles. The van der Waals surface area contributed by atoms with Crippen LogP contribution in [0.4, 0.5) is 0 Å². The largest absolute Gasteiger partial charge is 0.508 e. The number of halogens is 1. The number of carbonyl (C=O) groups is 1. The molecule has 1 aliphatic heterocycles. The molecule has 0 aromatic heterocycles. The van der Waals surface area contributed by atoms with Crippen LogP contribution in [0, 0.1) is 0 Å². The molecule has 5 nitrogen and oxygen atoms in total. The van der Waals surface area contributed by atoms with E-state index in [4.69, 9.17) is 11.6 Å². The van der Waals surface area contributed by atoms with Crippen molar-refractivity contribution >= 4 is 23.2 Å². The number of hydrogen-bond acceptors (Lipinski definition) is 4. The molecule has 23 heavy (non-hydrogen) atoms. The molecule has 0 saturated carbocycles. The van der Waals surface area contributed by atoms with Gasteiger partial charge in [-0.2, -0.15) is 5.10 Å². The summed E-state index contributed by atoms with van der Waals surface area (Å²) in [5.74, 6) is -0.513. The van der Waals surface area contributed by atoms with E-state index < -0.39 is 12.0 Å². The van der Waals surface area contributed by atoms with E-state index in [0.29, 0.717) is 23.6 Å². The minimum Gasteiger partial charge on any atom is -0.508 e. The van der Waals surface area contributed by atoms with Crippen molar-refractivity contribution in [2.45, 2.75) is 12.5 Å². The van der Waals surface area contributed by atoms with Gasteiger partial charge < -0.3 is 10.2 Å². The maximum absolute atomic E-state index is 12.4. The Morgan fingerprint density at radius 3 is 2.65 bits per heavy atom. The first-order valence-electron chi connectivity index (χ1n) is 7.16. The van der Waals surface area contributed by atoms with E-state index in [2.05, 4.69) is 5.10 Å². The number of hydrogen-bond donors (Lipinski definition) is 2. The van der Waals surface area contributed by atoms with Crippen LogP contribution in [0.3, 0.4) is 0 Å². The molecule has 0 fully saturated rings. The standard InChI is InChI=1S/C17H15ClN2O3/c18-13-6-4-11(5-7-13)15-8-9-20(19-15)17(23)16(22)12-2-1-3-14(21)10-12/h1-7,10,16,21-22H,8-9H2. The molecule has 6 heteroatoms. The van der Waals surface area contributed by atoms with Crippen LogP contribution < -0.4 is 0 Å². The number of aromatic hydroxyl groups is 1. The van der Waals surface area contributed by atoms with Crippen molar-refractivity contribution in [2.24, 2.45) is 5.10 Å². The number of carbonyl (C=O) groups excluding carboxylic acids is 1. The van der Waals surface area contributed by atoms with Crippen molar-refractivity contribution in [2.75, 3.05) is 6.54 Å². The summed E-state index contributed by atoms with van der Waals surface area (Å²) in [5.41, 5.74) is 2.01. The van der Waals surface area contributed by atoms with Crippen LogP contribution in [0.15, 0.2) is 53.6 Å². The van der Waals surface area contributed by atoms with Crippen LogP contribution in [0.2, 0.25) is 5.02 Å². The van der Waals surface area contributed by atoms with Crippen LogP contribution in [-0.2, 0) is 4.79 Å². The Balaban J connectivity index is 1.77. The molecule has 118 valence electrons. The number of nitrogens with zero attached hydrogens (tertiary/aromatic N) is 2. The molecule has 1 aliphatic rings. The molecular formula is C17H15ClN2O3. The Morgan fingerprint density at radius 2 is 1.96 bits per heavy atom. The zero-order valence-corrected chi connectivity index (χ0v) is 12.9.